The van der Waals surface area contributed by atoms with Crippen LogP contribution in [0.2, 0.25) is 5.02 Å². The van der Waals surface area contributed by atoms with Crippen molar-refractivity contribution in [3.8, 4) is 0 Å². The third kappa shape index (κ3) is 6.90. The van der Waals surface area contributed by atoms with Crippen molar-refractivity contribution in [3.63, 3.8) is 0 Å². The van der Waals surface area contributed by atoms with Crippen molar-refractivity contribution in [1.29, 1.82) is 0 Å². The molecule has 0 spiro atoms. The second kappa shape index (κ2) is 10.6. The number of likely N-dealkylation sites (N-methyl/N-ethyl adjacent to an activating group) is 1. The van der Waals surface area contributed by atoms with E-state index in [1.807, 2.05) is 24.3 Å². The predicted octanol–water partition coefficient (Wildman–Crippen LogP) is 3.83. The molecule has 1 rings (SSSR count). The number of carboxylic acid groups (broad SMARTS) is 1. The van der Waals surface area contributed by atoms with Gasteiger partial charge in [0.25, 0.3) is 0 Å². The van der Waals surface area contributed by atoms with Crippen LogP contribution in [-0.4, -0.2) is 30.2 Å². The summed E-state index contributed by atoms with van der Waals surface area (Å²) < 4.78 is 0. The summed E-state index contributed by atoms with van der Waals surface area (Å²) in [4.78, 5) is 11.7. The van der Waals surface area contributed by atoms with Crippen molar-refractivity contribution < 1.29 is 9.90 Å². The van der Waals surface area contributed by atoms with E-state index in [1.54, 1.807) is 7.05 Å². The first kappa shape index (κ1) is 19.9. The molecule has 0 aliphatic carbocycles. The summed E-state index contributed by atoms with van der Waals surface area (Å²) >= 11 is 5.86. The number of halogens is 1. The Balaban J connectivity index is 2.36. The molecule has 0 bridgehead atoms. The molecule has 4 nitrogen and oxygen atoms in total. The first-order valence-corrected chi connectivity index (χ1v) is 8.79. The molecule has 1 aromatic carbocycles. The smallest absolute Gasteiger partial charge is 0.323 e. The molecular formula is C18H29ClN2O2. The molecule has 0 amide bonds. The van der Waals surface area contributed by atoms with E-state index in [2.05, 4.69) is 17.6 Å². The van der Waals surface area contributed by atoms with Crippen molar-refractivity contribution in [1.82, 2.24) is 10.6 Å². The lowest BCUT2D eigenvalue weighted by Crippen LogP contribution is -2.50. The molecule has 0 aliphatic rings. The monoisotopic (exact) mass is 340 g/mol. The van der Waals surface area contributed by atoms with Gasteiger partial charge in [-0.05, 0) is 50.6 Å². The lowest BCUT2D eigenvalue weighted by atomic mass is 9.87. The Hall–Kier alpha value is -1.10. The highest BCUT2D eigenvalue weighted by atomic mass is 35.5. The molecule has 3 N–H and O–H groups in total. The van der Waals surface area contributed by atoms with Crippen LogP contribution in [0.5, 0.6) is 0 Å². The van der Waals surface area contributed by atoms with E-state index < -0.39 is 11.5 Å². The van der Waals surface area contributed by atoms with Crippen molar-refractivity contribution in [3.05, 3.63) is 34.9 Å². The fraction of sp³-hybridized carbons (Fsp3) is 0.611. The van der Waals surface area contributed by atoms with Crippen LogP contribution >= 0.6 is 11.6 Å². The zero-order valence-electron chi connectivity index (χ0n) is 14.2. The minimum Gasteiger partial charge on any atom is -0.480 e. The number of benzene rings is 1. The van der Waals surface area contributed by atoms with Crippen molar-refractivity contribution in [2.24, 2.45) is 0 Å². The first-order valence-electron chi connectivity index (χ1n) is 8.41. The maximum atomic E-state index is 11.7. The number of hydrogen-bond donors (Lipinski definition) is 3. The van der Waals surface area contributed by atoms with Crippen LogP contribution < -0.4 is 10.6 Å². The number of hydrogen-bond acceptors (Lipinski definition) is 3. The van der Waals surface area contributed by atoms with Gasteiger partial charge in [0.2, 0.25) is 0 Å². The van der Waals surface area contributed by atoms with Crippen LogP contribution in [0.25, 0.3) is 0 Å². The minimum atomic E-state index is -0.795. The third-order valence-corrected chi connectivity index (χ3v) is 4.55. The molecule has 0 saturated heterocycles. The molecule has 0 aromatic heterocycles. The maximum Gasteiger partial charge on any atom is 0.323 e. The van der Waals surface area contributed by atoms with Gasteiger partial charge >= 0.3 is 5.97 Å². The van der Waals surface area contributed by atoms with Crippen LogP contribution in [0.1, 0.15) is 51.0 Å². The van der Waals surface area contributed by atoms with Gasteiger partial charge in [0.05, 0.1) is 0 Å². The van der Waals surface area contributed by atoms with Gasteiger partial charge in [-0.2, -0.15) is 0 Å². The Morgan fingerprint density at radius 1 is 1.17 bits per heavy atom. The second-order valence-corrected chi connectivity index (χ2v) is 6.44. The topological polar surface area (TPSA) is 61.4 Å². The van der Waals surface area contributed by atoms with Crippen LogP contribution in [-0.2, 0) is 11.3 Å². The SMILES string of the molecule is CCCCCC(CCCNCc1ccc(Cl)cc1)(NC)C(=O)O. The summed E-state index contributed by atoms with van der Waals surface area (Å²) in [5.74, 6) is -0.742. The first-order chi connectivity index (χ1) is 11.0. The van der Waals surface area contributed by atoms with Gasteiger partial charge < -0.3 is 15.7 Å². The number of carbonyl (C=O) groups is 1. The van der Waals surface area contributed by atoms with Crippen LogP contribution in [0.15, 0.2) is 24.3 Å². The number of carboxylic acids is 1. The third-order valence-electron chi connectivity index (χ3n) is 4.29. The van der Waals surface area contributed by atoms with E-state index >= 15 is 0 Å². The molecule has 5 heteroatoms. The molecule has 130 valence electrons. The number of aliphatic carboxylic acids is 1. The van der Waals surface area contributed by atoms with Crippen molar-refractivity contribution in [2.45, 2.75) is 57.5 Å². The molecular weight excluding hydrogens is 312 g/mol. The lowest BCUT2D eigenvalue weighted by molar-refractivity contribution is -0.145. The van der Waals surface area contributed by atoms with Crippen LogP contribution in [0.3, 0.4) is 0 Å². The van der Waals surface area contributed by atoms with Crippen LogP contribution in [0.4, 0.5) is 0 Å². The maximum absolute atomic E-state index is 11.7. The Kier molecular flexibility index (Phi) is 9.22. The number of nitrogens with one attached hydrogen (secondary N) is 2. The van der Waals surface area contributed by atoms with E-state index in [0.29, 0.717) is 12.8 Å². The summed E-state index contributed by atoms with van der Waals surface area (Å²) in [5.41, 5.74) is 0.382. The van der Waals surface area contributed by atoms with Gasteiger partial charge in [-0.3, -0.25) is 4.79 Å². The molecule has 1 atom stereocenters. The quantitative estimate of drug-likeness (QED) is 0.506. The summed E-state index contributed by atoms with van der Waals surface area (Å²) in [6, 6.07) is 7.75. The number of rotatable bonds is 12. The Morgan fingerprint density at radius 3 is 2.39 bits per heavy atom. The fourth-order valence-corrected chi connectivity index (χ4v) is 2.85. The summed E-state index contributed by atoms with van der Waals surface area (Å²) in [6.45, 7) is 3.70. The molecule has 0 saturated carbocycles. The van der Waals surface area contributed by atoms with E-state index in [-0.39, 0.29) is 0 Å². The summed E-state index contributed by atoms with van der Waals surface area (Å²) in [5, 5.41) is 16.7. The highest BCUT2D eigenvalue weighted by molar-refractivity contribution is 6.30. The average molecular weight is 341 g/mol. The van der Waals surface area contributed by atoms with Crippen LogP contribution in [0, 0.1) is 0 Å². The zero-order chi connectivity index (χ0) is 17.1. The highest BCUT2D eigenvalue weighted by Crippen LogP contribution is 2.21. The molecule has 1 unspecified atom stereocenters. The fourth-order valence-electron chi connectivity index (χ4n) is 2.72. The lowest BCUT2D eigenvalue weighted by Gasteiger charge is -2.29. The highest BCUT2D eigenvalue weighted by Gasteiger charge is 2.35. The Bertz CT molecular complexity index is 465. The normalized spacial score (nSPS) is 13.7. The Labute approximate surface area is 144 Å². The van der Waals surface area contributed by atoms with E-state index in [9.17, 15) is 9.90 Å². The molecule has 1 aromatic rings. The second-order valence-electron chi connectivity index (χ2n) is 6.00. The van der Waals surface area contributed by atoms with Gasteiger partial charge in [0, 0.05) is 11.6 Å². The molecule has 23 heavy (non-hydrogen) atoms. The molecule has 0 fully saturated rings. The largest absolute Gasteiger partial charge is 0.480 e. The summed E-state index contributed by atoms with van der Waals surface area (Å²) in [7, 11) is 1.75. The van der Waals surface area contributed by atoms with Gasteiger partial charge in [0.1, 0.15) is 5.54 Å². The van der Waals surface area contributed by atoms with E-state index in [0.717, 1.165) is 43.8 Å². The van der Waals surface area contributed by atoms with Crippen molar-refractivity contribution in [2.75, 3.05) is 13.6 Å². The van der Waals surface area contributed by atoms with Gasteiger partial charge in [-0.1, -0.05) is 49.9 Å². The van der Waals surface area contributed by atoms with E-state index in [1.165, 1.54) is 5.56 Å². The van der Waals surface area contributed by atoms with Gasteiger partial charge in [-0.15, -0.1) is 0 Å². The summed E-state index contributed by atoms with van der Waals surface area (Å²) in [6.07, 6.45) is 5.27. The molecule has 0 heterocycles. The number of unbranched alkanes of at least 4 members (excludes halogenated alkanes) is 2. The molecule has 0 aliphatic heterocycles. The van der Waals surface area contributed by atoms with Gasteiger partial charge in [0.15, 0.2) is 0 Å². The van der Waals surface area contributed by atoms with Gasteiger partial charge in [-0.25, -0.2) is 0 Å². The Morgan fingerprint density at radius 2 is 1.83 bits per heavy atom. The zero-order valence-corrected chi connectivity index (χ0v) is 15.0. The predicted molar refractivity (Wildman–Crippen MR) is 96.0 cm³/mol. The standard InChI is InChI=1S/C18H29ClN2O2/c1-3-4-5-11-18(20-2,17(22)23)12-6-13-21-14-15-7-9-16(19)10-8-15/h7-10,20-21H,3-6,11-14H2,1-2H3,(H,22,23). The average Bonchev–Trinajstić information content (AvgIpc) is 2.54. The van der Waals surface area contributed by atoms with Crippen molar-refractivity contribution >= 4 is 17.6 Å². The molecule has 0 radical (unpaired) electrons. The minimum absolute atomic E-state index is 0.635. The van der Waals surface area contributed by atoms with E-state index in [4.69, 9.17) is 11.6 Å².